The van der Waals surface area contributed by atoms with Gasteiger partial charge in [0.15, 0.2) is 0 Å². The molecule has 1 nitrogen and oxygen atoms in total. The van der Waals surface area contributed by atoms with E-state index >= 15 is 0 Å². The Labute approximate surface area is 95.7 Å². The van der Waals surface area contributed by atoms with Crippen molar-refractivity contribution in [1.82, 2.24) is 0 Å². The molecule has 0 saturated heterocycles. The Morgan fingerprint density at radius 2 is 1.69 bits per heavy atom. The average molecular weight is 227 g/mol. The van der Waals surface area contributed by atoms with Crippen LogP contribution in [0.15, 0.2) is 18.2 Å². The third-order valence-corrected chi connectivity index (χ3v) is 2.82. The molecule has 0 heterocycles. The smallest absolute Gasteiger partial charge is 0.126 e. The molecule has 0 aliphatic carbocycles. The van der Waals surface area contributed by atoms with E-state index in [4.69, 9.17) is 5.73 Å². The molecule has 0 fully saturated rings. The van der Waals surface area contributed by atoms with Gasteiger partial charge >= 0.3 is 0 Å². The molecule has 16 heavy (non-hydrogen) atoms. The molecule has 1 aromatic carbocycles. The van der Waals surface area contributed by atoms with Crippen LogP contribution in [0.3, 0.4) is 0 Å². The van der Waals surface area contributed by atoms with Gasteiger partial charge in [0, 0.05) is 11.6 Å². The van der Waals surface area contributed by atoms with Gasteiger partial charge in [-0.3, -0.25) is 0 Å². The number of unbranched alkanes of at least 4 members (excludes halogenated alkanes) is 2. The Hall–Kier alpha value is -0.960. The summed E-state index contributed by atoms with van der Waals surface area (Å²) in [7, 11) is 0. The molecule has 1 unspecified atom stereocenters. The summed E-state index contributed by atoms with van der Waals surface area (Å²) in [5, 5.41) is 0. The van der Waals surface area contributed by atoms with Crippen molar-refractivity contribution in [3.63, 3.8) is 0 Å². The number of rotatable bonds is 5. The van der Waals surface area contributed by atoms with Crippen LogP contribution in [0.5, 0.6) is 0 Å². The number of benzene rings is 1. The third kappa shape index (κ3) is 3.56. The first-order valence-corrected chi connectivity index (χ1v) is 5.71. The van der Waals surface area contributed by atoms with Crippen LogP contribution >= 0.6 is 0 Å². The summed E-state index contributed by atoms with van der Waals surface area (Å²) < 4.78 is 26.1. The second-order valence-electron chi connectivity index (χ2n) is 4.53. The summed E-state index contributed by atoms with van der Waals surface area (Å²) in [4.78, 5) is 0. The highest BCUT2D eigenvalue weighted by molar-refractivity contribution is 5.24. The Balaban J connectivity index is 2.80. The van der Waals surface area contributed by atoms with Crippen LogP contribution in [0.1, 0.15) is 45.1 Å². The molecule has 90 valence electrons. The van der Waals surface area contributed by atoms with Crippen LogP contribution in [0.25, 0.3) is 0 Å². The van der Waals surface area contributed by atoms with Gasteiger partial charge in [0.1, 0.15) is 11.6 Å². The zero-order chi connectivity index (χ0) is 12.2. The number of halogens is 2. The molecule has 0 aliphatic heterocycles. The predicted molar refractivity (Wildman–Crippen MR) is 62.0 cm³/mol. The van der Waals surface area contributed by atoms with Crippen molar-refractivity contribution in [3.05, 3.63) is 35.4 Å². The SMILES string of the molecule is CCCCCC(C)(N)c1cc(F)cc(F)c1. The van der Waals surface area contributed by atoms with E-state index in [0.29, 0.717) is 5.56 Å². The highest BCUT2D eigenvalue weighted by Gasteiger charge is 2.21. The largest absolute Gasteiger partial charge is 0.322 e. The third-order valence-electron chi connectivity index (χ3n) is 2.82. The minimum absolute atomic E-state index is 0.529. The summed E-state index contributed by atoms with van der Waals surface area (Å²) in [6.45, 7) is 3.92. The fourth-order valence-corrected chi connectivity index (χ4v) is 1.77. The molecule has 1 rings (SSSR count). The molecule has 0 aliphatic rings. The Morgan fingerprint density at radius 3 is 2.19 bits per heavy atom. The summed E-state index contributed by atoms with van der Waals surface area (Å²) >= 11 is 0. The van der Waals surface area contributed by atoms with Gasteiger partial charge in [-0.05, 0) is 31.0 Å². The second kappa shape index (κ2) is 5.39. The zero-order valence-electron chi connectivity index (χ0n) is 9.89. The van der Waals surface area contributed by atoms with Gasteiger partial charge in [-0.25, -0.2) is 8.78 Å². The van der Waals surface area contributed by atoms with Gasteiger partial charge < -0.3 is 5.73 Å². The highest BCUT2D eigenvalue weighted by atomic mass is 19.1. The molecule has 2 N–H and O–H groups in total. The lowest BCUT2D eigenvalue weighted by Crippen LogP contribution is -2.33. The lowest BCUT2D eigenvalue weighted by molar-refractivity contribution is 0.421. The van der Waals surface area contributed by atoms with Crippen molar-refractivity contribution in [3.8, 4) is 0 Å². The average Bonchev–Trinajstić information content (AvgIpc) is 2.16. The van der Waals surface area contributed by atoms with Gasteiger partial charge in [-0.15, -0.1) is 0 Å². The molecule has 1 aromatic rings. The van der Waals surface area contributed by atoms with Crippen molar-refractivity contribution in [1.29, 1.82) is 0 Å². The first kappa shape index (κ1) is 13.1. The van der Waals surface area contributed by atoms with Crippen molar-refractivity contribution < 1.29 is 8.78 Å². The van der Waals surface area contributed by atoms with Crippen LogP contribution < -0.4 is 5.73 Å². The quantitative estimate of drug-likeness (QED) is 0.762. The molecule has 0 bridgehead atoms. The van der Waals surface area contributed by atoms with Crippen LogP contribution in [0.4, 0.5) is 8.78 Å². The zero-order valence-corrected chi connectivity index (χ0v) is 9.89. The summed E-state index contributed by atoms with van der Waals surface area (Å²) in [5.41, 5.74) is 5.96. The van der Waals surface area contributed by atoms with Crippen LogP contribution in [-0.2, 0) is 5.54 Å². The van der Waals surface area contributed by atoms with E-state index in [1.165, 1.54) is 12.1 Å². The van der Waals surface area contributed by atoms with E-state index in [1.807, 2.05) is 6.92 Å². The Bertz CT molecular complexity index is 328. The fraction of sp³-hybridized carbons (Fsp3) is 0.538. The van der Waals surface area contributed by atoms with Gasteiger partial charge in [-0.2, -0.15) is 0 Å². The normalized spacial score (nSPS) is 14.8. The van der Waals surface area contributed by atoms with Crippen LogP contribution in [0, 0.1) is 11.6 Å². The molecule has 0 aromatic heterocycles. The summed E-state index contributed by atoms with van der Waals surface area (Å²) in [6, 6.07) is 3.50. The van der Waals surface area contributed by atoms with Gasteiger partial charge in [0.25, 0.3) is 0 Å². The van der Waals surface area contributed by atoms with Gasteiger partial charge in [0.05, 0.1) is 0 Å². The topological polar surface area (TPSA) is 26.0 Å². The second-order valence-corrected chi connectivity index (χ2v) is 4.53. The molecule has 0 radical (unpaired) electrons. The fourth-order valence-electron chi connectivity index (χ4n) is 1.77. The number of hydrogen-bond donors (Lipinski definition) is 1. The number of nitrogens with two attached hydrogens (primary N) is 1. The van der Waals surface area contributed by atoms with E-state index in [1.54, 1.807) is 0 Å². The maximum atomic E-state index is 13.1. The minimum atomic E-state index is -0.655. The molecule has 0 saturated carbocycles. The Kier molecular flexibility index (Phi) is 4.42. The van der Waals surface area contributed by atoms with Gasteiger partial charge in [-0.1, -0.05) is 26.2 Å². The maximum Gasteiger partial charge on any atom is 0.126 e. The molecule has 0 amide bonds. The van der Waals surface area contributed by atoms with E-state index in [0.717, 1.165) is 31.7 Å². The number of hydrogen-bond acceptors (Lipinski definition) is 1. The van der Waals surface area contributed by atoms with Crippen molar-refractivity contribution in [2.45, 2.75) is 45.1 Å². The lowest BCUT2D eigenvalue weighted by Gasteiger charge is -2.25. The monoisotopic (exact) mass is 227 g/mol. The molecule has 1 atom stereocenters. The maximum absolute atomic E-state index is 13.1. The standard InChI is InChI=1S/C13H19F2N/c1-3-4-5-6-13(2,16)10-7-11(14)9-12(15)8-10/h7-9H,3-6,16H2,1-2H3. The van der Waals surface area contributed by atoms with E-state index < -0.39 is 17.2 Å². The molecular weight excluding hydrogens is 208 g/mol. The molecule has 0 spiro atoms. The summed E-state index contributed by atoms with van der Waals surface area (Å²) in [6.07, 6.45) is 3.91. The van der Waals surface area contributed by atoms with E-state index in [2.05, 4.69) is 6.92 Å². The van der Waals surface area contributed by atoms with Crippen molar-refractivity contribution in [2.24, 2.45) is 5.73 Å². The molecular formula is C13H19F2N. The first-order chi connectivity index (χ1) is 7.45. The van der Waals surface area contributed by atoms with Crippen LogP contribution in [-0.4, -0.2) is 0 Å². The summed E-state index contributed by atoms with van der Waals surface area (Å²) in [5.74, 6) is -1.13. The Morgan fingerprint density at radius 1 is 1.12 bits per heavy atom. The van der Waals surface area contributed by atoms with E-state index in [-0.39, 0.29) is 0 Å². The van der Waals surface area contributed by atoms with Gasteiger partial charge in [0.2, 0.25) is 0 Å². The predicted octanol–water partition coefficient (Wildman–Crippen LogP) is 3.72. The minimum Gasteiger partial charge on any atom is -0.322 e. The van der Waals surface area contributed by atoms with Crippen molar-refractivity contribution >= 4 is 0 Å². The first-order valence-electron chi connectivity index (χ1n) is 5.71. The van der Waals surface area contributed by atoms with E-state index in [9.17, 15) is 8.78 Å². The van der Waals surface area contributed by atoms with Crippen molar-refractivity contribution in [2.75, 3.05) is 0 Å². The molecule has 3 heteroatoms. The lowest BCUT2D eigenvalue weighted by atomic mass is 9.87. The van der Waals surface area contributed by atoms with Crippen LogP contribution in [0.2, 0.25) is 0 Å². The highest BCUT2D eigenvalue weighted by Crippen LogP contribution is 2.25.